The van der Waals surface area contributed by atoms with E-state index in [1.165, 1.54) is 12.1 Å². The minimum atomic E-state index is -0.299. The Labute approximate surface area is 114 Å². The first-order valence-corrected chi connectivity index (χ1v) is 6.47. The lowest BCUT2D eigenvalue weighted by Gasteiger charge is -2.05. The second kappa shape index (κ2) is 4.70. The van der Waals surface area contributed by atoms with Crippen molar-refractivity contribution < 1.29 is 8.81 Å². The summed E-state index contributed by atoms with van der Waals surface area (Å²) in [4.78, 5) is 4.34. The van der Waals surface area contributed by atoms with Crippen molar-refractivity contribution in [2.75, 3.05) is 0 Å². The standard InChI is InChI=1S/C14H12ClFN2O/c1-9-2-4-11(19-9)8-18-13-5-3-10(16)6-12(13)17-14(18)7-15/h2-6H,7-8H2,1H3. The smallest absolute Gasteiger partial charge is 0.125 e. The van der Waals surface area contributed by atoms with E-state index < -0.39 is 0 Å². The summed E-state index contributed by atoms with van der Waals surface area (Å²) >= 11 is 5.91. The highest BCUT2D eigenvalue weighted by Gasteiger charge is 2.12. The summed E-state index contributed by atoms with van der Waals surface area (Å²) in [5, 5.41) is 0. The van der Waals surface area contributed by atoms with E-state index in [0.29, 0.717) is 17.9 Å². The Morgan fingerprint density at radius 1 is 1.32 bits per heavy atom. The highest BCUT2D eigenvalue weighted by Crippen LogP contribution is 2.21. The minimum absolute atomic E-state index is 0.274. The molecular weight excluding hydrogens is 267 g/mol. The van der Waals surface area contributed by atoms with Crippen LogP contribution in [0.5, 0.6) is 0 Å². The Kier molecular flexibility index (Phi) is 3.03. The van der Waals surface area contributed by atoms with Crippen LogP contribution in [0, 0.1) is 12.7 Å². The molecule has 5 heteroatoms. The number of furan rings is 1. The van der Waals surface area contributed by atoms with Gasteiger partial charge in [0.05, 0.1) is 23.5 Å². The number of aromatic nitrogens is 2. The number of benzene rings is 1. The lowest BCUT2D eigenvalue weighted by Crippen LogP contribution is -2.02. The van der Waals surface area contributed by atoms with E-state index in [1.807, 2.05) is 23.6 Å². The third-order valence-electron chi connectivity index (χ3n) is 3.02. The highest BCUT2D eigenvalue weighted by atomic mass is 35.5. The second-order valence-corrected chi connectivity index (χ2v) is 4.66. The summed E-state index contributed by atoms with van der Waals surface area (Å²) in [6.07, 6.45) is 0. The van der Waals surface area contributed by atoms with Gasteiger partial charge in [0.15, 0.2) is 0 Å². The largest absolute Gasteiger partial charge is 0.464 e. The van der Waals surface area contributed by atoms with Crippen molar-refractivity contribution in [3.8, 4) is 0 Å². The van der Waals surface area contributed by atoms with Gasteiger partial charge in [-0.2, -0.15) is 0 Å². The molecule has 19 heavy (non-hydrogen) atoms. The molecule has 2 aromatic heterocycles. The normalized spacial score (nSPS) is 11.3. The molecule has 0 amide bonds. The molecule has 2 heterocycles. The van der Waals surface area contributed by atoms with Crippen molar-refractivity contribution in [2.45, 2.75) is 19.3 Å². The van der Waals surface area contributed by atoms with Gasteiger partial charge in [0, 0.05) is 6.07 Å². The van der Waals surface area contributed by atoms with Crippen molar-refractivity contribution >= 4 is 22.6 Å². The Balaban J connectivity index is 2.10. The fraction of sp³-hybridized carbons (Fsp3) is 0.214. The first kappa shape index (κ1) is 12.2. The van der Waals surface area contributed by atoms with Crippen molar-refractivity contribution in [1.82, 2.24) is 9.55 Å². The van der Waals surface area contributed by atoms with Crippen LogP contribution in [0.4, 0.5) is 4.39 Å². The quantitative estimate of drug-likeness (QED) is 0.681. The third-order valence-corrected chi connectivity index (χ3v) is 3.26. The Morgan fingerprint density at radius 3 is 2.84 bits per heavy atom. The van der Waals surface area contributed by atoms with Crippen molar-refractivity contribution in [1.29, 1.82) is 0 Å². The first-order valence-electron chi connectivity index (χ1n) is 5.93. The molecule has 0 saturated heterocycles. The van der Waals surface area contributed by atoms with Crippen LogP contribution in [0.25, 0.3) is 11.0 Å². The summed E-state index contributed by atoms with van der Waals surface area (Å²) < 4.78 is 20.7. The molecule has 3 aromatic rings. The molecule has 1 aromatic carbocycles. The number of nitrogens with zero attached hydrogens (tertiary/aromatic N) is 2. The molecule has 0 unspecified atom stereocenters. The monoisotopic (exact) mass is 278 g/mol. The van der Waals surface area contributed by atoms with Crippen LogP contribution in [0.2, 0.25) is 0 Å². The van der Waals surface area contributed by atoms with Gasteiger partial charge in [-0.25, -0.2) is 9.37 Å². The summed E-state index contributed by atoms with van der Waals surface area (Å²) in [7, 11) is 0. The Morgan fingerprint density at radius 2 is 2.16 bits per heavy atom. The SMILES string of the molecule is Cc1ccc(Cn2c(CCl)nc3cc(F)ccc32)o1. The van der Waals surface area contributed by atoms with Gasteiger partial charge >= 0.3 is 0 Å². The maximum absolute atomic E-state index is 13.2. The van der Waals surface area contributed by atoms with E-state index >= 15 is 0 Å². The fourth-order valence-corrected chi connectivity index (χ4v) is 2.36. The predicted molar refractivity (Wildman–Crippen MR) is 71.8 cm³/mol. The molecule has 0 saturated carbocycles. The molecular formula is C14H12ClFN2O. The van der Waals surface area contributed by atoms with Gasteiger partial charge in [-0.3, -0.25) is 0 Å². The van der Waals surface area contributed by atoms with Gasteiger partial charge < -0.3 is 8.98 Å². The Hall–Kier alpha value is -1.81. The first-order chi connectivity index (χ1) is 9.17. The molecule has 0 bridgehead atoms. The molecule has 0 aliphatic rings. The van der Waals surface area contributed by atoms with Gasteiger partial charge in [0.2, 0.25) is 0 Å². The molecule has 3 nitrogen and oxygen atoms in total. The van der Waals surface area contributed by atoms with Crippen LogP contribution in [0.1, 0.15) is 17.3 Å². The summed E-state index contributed by atoms with van der Waals surface area (Å²) in [5.74, 6) is 2.37. The summed E-state index contributed by atoms with van der Waals surface area (Å²) in [5.41, 5.74) is 1.46. The maximum Gasteiger partial charge on any atom is 0.125 e. The summed E-state index contributed by atoms with van der Waals surface area (Å²) in [6, 6.07) is 8.38. The van der Waals surface area contributed by atoms with Crippen LogP contribution in [0.15, 0.2) is 34.7 Å². The second-order valence-electron chi connectivity index (χ2n) is 4.39. The molecule has 98 valence electrons. The molecule has 0 radical (unpaired) electrons. The zero-order valence-electron chi connectivity index (χ0n) is 10.4. The topological polar surface area (TPSA) is 31.0 Å². The van der Waals surface area contributed by atoms with Gasteiger partial charge in [-0.15, -0.1) is 11.6 Å². The van der Waals surface area contributed by atoms with Gasteiger partial charge in [0.25, 0.3) is 0 Å². The highest BCUT2D eigenvalue weighted by molar-refractivity contribution is 6.16. The average Bonchev–Trinajstić information content (AvgIpc) is 2.94. The zero-order valence-corrected chi connectivity index (χ0v) is 11.1. The molecule has 0 fully saturated rings. The number of hydrogen-bond acceptors (Lipinski definition) is 2. The number of aryl methyl sites for hydroxylation is 1. The van der Waals surface area contributed by atoms with Crippen LogP contribution >= 0.6 is 11.6 Å². The van der Waals surface area contributed by atoms with E-state index in [0.717, 1.165) is 17.0 Å². The number of hydrogen-bond donors (Lipinski definition) is 0. The van der Waals surface area contributed by atoms with E-state index in [4.69, 9.17) is 16.0 Å². The third kappa shape index (κ3) is 2.24. The zero-order chi connectivity index (χ0) is 13.4. The number of rotatable bonds is 3. The number of imidazole rings is 1. The van der Waals surface area contributed by atoms with Crippen LogP contribution in [-0.2, 0) is 12.4 Å². The van der Waals surface area contributed by atoms with E-state index in [9.17, 15) is 4.39 Å². The van der Waals surface area contributed by atoms with Crippen LogP contribution in [-0.4, -0.2) is 9.55 Å². The van der Waals surface area contributed by atoms with Crippen LogP contribution in [0.3, 0.4) is 0 Å². The minimum Gasteiger partial charge on any atom is -0.464 e. The fourth-order valence-electron chi connectivity index (χ4n) is 2.16. The van der Waals surface area contributed by atoms with Gasteiger partial charge in [-0.1, -0.05) is 0 Å². The van der Waals surface area contributed by atoms with Gasteiger partial charge in [-0.05, 0) is 31.2 Å². The van der Waals surface area contributed by atoms with E-state index in [2.05, 4.69) is 4.98 Å². The molecule has 0 aliphatic heterocycles. The molecule has 3 rings (SSSR count). The summed E-state index contributed by atoms with van der Waals surface area (Å²) in [6.45, 7) is 2.44. The van der Waals surface area contributed by atoms with Crippen molar-refractivity contribution in [2.24, 2.45) is 0 Å². The predicted octanol–water partition coefficient (Wildman–Crippen LogP) is 3.86. The molecule has 0 N–H and O–H groups in total. The number of alkyl halides is 1. The lowest BCUT2D eigenvalue weighted by atomic mass is 10.3. The number of halogens is 2. The molecule has 0 atom stereocenters. The van der Waals surface area contributed by atoms with E-state index in [1.54, 1.807) is 6.07 Å². The van der Waals surface area contributed by atoms with Crippen molar-refractivity contribution in [3.05, 3.63) is 53.5 Å². The number of fused-ring (bicyclic) bond motifs is 1. The van der Waals surface area contributed by atoms with Crippen LogP contribution < -0.4 is 0 Å². The molecule has 0 spiro atoms. The van der Waals surface area contributed by atoms with Gasteiger partial charge in [0.1, 0.15) is 23.2 Å². The lowest BCUT2D eigenvalue weighted by molar-refractivity contribution is 0.470. The Bertz CT molecular complexity index is 732. The van der Waals surface area contributed by atoms with E-state index in [-0.39, 0.29) is 11.7 Å². The maximum atomic E-state index is 13.2. The molecule has 0 aliphatic carbocycles. The van der Waals surface area contributed by atoms with Crippen molar-refractivity contribution in [3.63, 3.8) is 0 Å². The average molecular weight is 279 g/mol.